The van der Waals surface area contributed by atoms with Crippen LogP contribution in [-0.2, 0) is 30.6 Å². The lowest BCUT2D eigenvalue weighted by atomic mass is 9.90. The second-order valence-corrected chi connectivity index (χ2v) is 12.6. The summed E-state index contributed by atoms with van der Waals surface area (Å²) in [5, 5.41) is 0.978. The van der Waals surface area contributed by atoms with Crippen molar-refractivity contribution in [3.63, 3.8) is 0 Å². The molecule has 0 N–H and O–H groups in total. The molecule has 3 aromatic heterocycles. The van der Waals surface area contributed by atoms with E-state index in [0.717, 1.165) is 86.9 Å². The molecule has 2 aliphatic heterocycles. The Labute approximate surface area is 253 Å². The Morgan fingerprint density at radius 1 is 1.10 bits per heavy atom. The number of allylic oxidation sites excluding steroid dienone is 4. The summed E-state index contributed by atoms with van der Waals surface area (Å²) in [6, 6.07) is 4.41. The number of imidazole rings is 1. The highest BCUT2D eigenvalue weighted by Gasteiger charge is 2.26. The molecule has 3 aromatic rings. The fraction of sp³-hybridized carbons (Fsp3) is 0.545. The molecule has 0 unspecified atom stereocenters. The molecule has 42 heavy (non-hydrogen) atoms. The first kappa shape index (κ1) is 30.4. The molecule has 0 aromatic carbocycles. The minimum atomic E-state index is -0.224. The van der Waals surface area contributed by atoms with Crippen LogP contribution in [0, 0.1) is 0 Å². The van der Waals surface area contributed by atoms with Crippen LogP contribution in [0.3, 0.4) is 0 Å². The molecule has 226 valence electrons. The monoisotopic (exact) mass is 592 g/mol. The quantitative estimate of drug-likeness (QED) is 0.244. The lowest BCUT2D eigenvalue weighted by Gasteiger charge is -2.32. The Morgan fingerprint density at radius 3 is 2.55 bits per heavy atom. The number of hydrogen-bond donors (Lipinski definition) is 0. The fourth-order valence-corrected chi connectivity index (χ4v) is 7.16. The molecular formula is C33H45FN6OS. The van der Waals surface area contributed by atoms with Crippen LogP contribution < -0.4 is 4.90 Å². The predicted molar refractivity (Wildman–Crippen MR) is 170 cm³/mol. The van der Waals surface area contributed by atoms with Crippen molar-refractivity contribution in [3.05, 3.63) is 69.9 Å². The van der Waals surface area contributed by atoms with E-state index >= 15 is 0 Å². The van der Waals surface area contributed by atoms with Gasteiger partial charge in [0.05, 0.1) is 30.2 Å². The molecule has 0 aliphatic carbocycles. The molecule has 0 atom stereocenters. The van der Waals surface area contributed by atoms with Crippen LogP contribution in [0.25, 0.3) is 5.65 Å². The van der Waals surface area contributed by atoms with Crippen LogP contribution >= 0.6 is 11.3 Å². The number of fused-ring (bicyclic) bond motifs is 1. The topological polar surface area (TPSA) is 57.0 Å². The first-order chi connectivity index (χ1) is 20.4. The minimum Gasteiger partial charge on any atom is -0.345 e. The smallest absolute Gasteiger partial charge is 0.236 e. The van der Waals surface area contributed by atoms with Crippen molar-refractivity contribution in [1.29, 1.82) is 0 Å². The van der Waals surface area contributed by atoms with Gasteiger partial charge < -0.3 is 14.2 Å². The number of rotatable bonds is 11. The Balaban J connectivity index is 1.28. The highest BCUT2D eigenvalue weighted by atomic mass is 32.1. The Morgan fingerprint density at radius 2 is 1.86 bits per heavy atom. The summed E-state index contributed by atoms with van der Waals surface area (Å²) in [4.78, 5) is 30.4. The lowest BCUT2D eigenvalue weighted by molar-refractivity contribution is -0.131. The SMILES string of the molecule is C/C=C(F)\C=C/Cc1nc(N(C)Cc2c(CC)nc3ccc(C4CCN(CC(=O)N5CCCC5)CC4)cn23)sc1CC. The van der Waals surface area contributed by atoms with E-state index in [2.05, 4.69) is 53.4 Å². The molecule has 7 nitrogen and oxygen atoms in total. The summed E-state index contributed by atoms with van der Waals surface area (Å²) in [6.45, 7) is 11.1. The van der Waals surface area contributed by atoms with Gasteiger partial charge in [0.25, 0.3) is 0 Å². The third kappa shape index (κ3) is 6.94. The van der Waals surface area contributed by atoms with Crippen molar-refractivity contribution in [1.82, 2.24) is 24.2 Å². The predicted octanol–water partition coefficient (Wildman–Crippen LogP) is 6.33. The van der Waals surface area contributed by atoms with Gasteiger partial charge in [0.1, 0.15) is 11.5 Å². The van der Waals surface area contributed by atoms with E-state index < -0.39 is 0 Å². The van der Waals surface area contributed by atoms with E-state index in [9.17, 15) is 9.18 Å². The number of thiazole rings is 1. The molecule has 0 bridgehead atoms. The summed E-state index contributed by atoms with van der Waals surface area (Å²) in [7, 11) is 2.10. The molecule has 5 rings (SSSR count). The molecular weight excluding hydrogens is 547 g/mol. The van der Waals surface area contributed by atoms with Gasteiger partial charge in [0, 0.05) is 37.6 Å². The van der Waals surface area contributed by atoms with Gasteiger partial charge in [-0.1, -0.05) is 32.1 Å². The third-order valence-electron chi connectivity index (χ3n) is 8.70. The fourth-order valence-electron chi connectivity index (χ4n) is 6.17. The number of nitrogens with zero attached hydrogens (tertiary/aromatic N) is 6. The second kappa shape index (κ2) is 14.0. The lowest BCUT2D eigenvalue weighted by Crippen LogP contribution is -2.42. The molecule has 1 amide bonds. The van der Waals surface area contributed by atoms with Gasteiger partial charge >= 0.3 is 0 Å². The summed E-state index contributed by atoms with van der Waals surface area (Å²) in [5.74, 6) is 0.557. The number of halogens is 1. The zero-order chi connectivity index (χ0) is 29.6. The zero-order valence-electron chi connectivity index (χ0n) is 25.6. The second-order valence-electron chi connectivity index (χ2n) is 11.5. The van der Waals surface area contributed by atoms with Crippen LogP contribution in [-0.4, -0.2) is 69.8 Å². The first-order valence-corrected chi connectivity index (χ1v) is 16.4. The Bertz CT molecular complexity index is 1430. The standard InChI is InChI=1S/C33H45FN6OS/c1-5-26(34)11-10-12-28-30(7-3)42-33(36-28)37(4)22-29-27(6-2)35-31-14-13-25(21-40(29)31)24-15-19-38(20-16-24)23-32(41)39-17-8-9-18-39/h5,10-11,13-14,21,24H,6-9,12,15-20,22-23H2,1-4H3/b11-10-,26-5+. The van der Waals surface area contributed by atoms with Crippen molar-refractivity contribution in [2.45, 2.75) is 78.2 Å². The van der Waals surface area contributed by atoms with E-state index in [1.165, 1.54) is 28.3 Å². The molecule has 5 heterocycles. The normalized spacial score (nSPS) is 17.3. The summed E-state index contributed by atoms with van der Waals surface area (Å²) in [5.41, 5.74) is 5.68. The number of hydrogen-bond acceptors (Lipinski definition) is 6. The maximum Gasteiger partial charge on any atom is 0.236 e. The van der Waals surface area contributed by atoms with Crippen molar-refractivity contribution >= 4 is 28.0 Å². The number of pyridine rings is 1. The highest BCUT2D eigenvalue weighted by molar-refractivity contribution is 7.15. The third-order valence-corrected chi connectivity index (χ3v) is 10.1. The number of aryl methyl sites for hydroxylation is 2. The van der Waals surface area contributed by atoms with Gasteiger partial charge in [-0.05, 0) is 82.2 Å². The van der Waals surface area contributed by atoms with Crippen LogP contribution in [0.2, 0.25) is 0 Å². The van der Waals surface area contributed by atoms with Crippen LogP contribution in [0.4, 0.5) is 9.52 Å². The number of carbonyl (C=O) groups is 1. The Kier molecular flexibility index (Phi) is 10.1. The number of carbonyl (C=O) groups excluding carboxylic acids is 1. The molecule has 2 aliphatic rings. The van der Waals surface area contributed by atoms with Crippen LogP contribution in [0.5, 0.6) is 0 Å². The van der Waals surface area contributed by atoms with Gasteiger partial charge in [0.2, 0.25) is 5.91 Å². The maximum atomic E-state index is 13.5. The van der Waals surface area contributed by atoms with E-state index in [1.54, 1.807) is 18.3 Å². The van der Waals surface area contributed by atoms with Crippen molar-refractivity contribution < 1.29 is 9.18 Å². The van der Waals surface area contributed by atoms with E-state index in [4.69, 9.17) is 9.97 Å². The van der Waals surface area contributed by atoms with E-state index in [-0.39, 0.29) is 5.83 Å². The first-order valence-electron chi connectivity index (χ1n) is 15.6. The summed E-state index contributed by atoms with van der Waals surface area (Å²) in [6.07, 6.45) is 14.0. The van der Waals surface area contributed by atoms with Gasteiger partial charge in [0.15, 0.2) is 5.13 Å². The van der Waals surface area contributed by atoms with Crippen LogP contribution in [0.1, 0.15) is 79.9 Å². The van der Waals surface area contributed by atoms with Crippen LogP contribution in [0.15, 0.2) is 42.4 Å². The molecule has 9 heteroatoms. The van der Waals surface area contributed by atoms with E-state index in [0.29, 0.717) is 31.3 Å². The van der Waals surface area contributed by atoms with Crippen molar-refractivity contribution in [3.8, 4) is 0 Å². The minimum absolute atomic E-state index is 0.224. The molecule has 2 fully saturated rings. The molecule has 0 spiro atoms. The maximum absolute atomic E-state index is 13.5. The zero-order valence-corrected chi connectivity index (χ0v) is 26.4. The number of piperidine rings is 1. The number of amides is 1. The molecule has 0 saturated carbocycles. The van der Waals surface area contributed by atoms with Gasteiger partial charge in [-0.15, -0.1) is 11.3 Å². The highest BCUT2D eigenvalue weighted by Crippen LogP contribution is 2.31. The average Bonchev–Trinajstić information content (AvgIpc) is 3.76. The average molecular weight is 593 g/mol. The van der Waals surface area contributed by atoms with Gasteiger partial charge in [-0.3, -0.25) is 9.69 Å². The number of likely N-dealkylation sites (tertiary alicyclic amines) is 2. The number of aromatic nitrogens is 3. The largest absolute Gasteiger partial charge is 0.345 e. The Hall–Kier alpha value is -3.04. The summed E-state index contributed by atoms with van der Waals surface area (Å²) >= 11 is 1.72. The summed E-state index contributed by atoms with van der Waals surface area (Å²) < 4.78 is 15.8. The number of anilines is 1. The van der Waals surface area contributed by atoms with E-state index in [1.807, 2.05) is 11.0 Å². The van der Waals surface area contributed by atoms with Gasteiger partial charge in [-0.2, -0.15) is 0 Å². The molecule has 0 radical (unpaired) electrons. The van der Waals surface area contributed by atoms with Gasteiger partial charge in [-0.25, -0.2) is 14.4 Å². The van der Waals surface area contributed by atoms with Crippen molar-refractivity contribution in [2.75, 3.05) is 44.7 Å². The molecule has 2 saturated heterocycles. The van der Waals surface area contributed by atoms with Crippen molar-refractivity contribution in [2.24, 2.45) is 0 Å².